The van der Waals surface area contributed by atoms with Crippen LogP contribution in [0, 0.1) is 6.92 Å². The summed E-state index contributed by atoms with van der Waals surface area (Å²) in [4.78, 5) is 34.0. The highest BCUT2D eigenvalue weighted by Crippen LogP contribution is 2.33. The van der Waals surface area contributed by atoms with E-state index >= 15 is 0 Å². The SMILES string of the molecule is Cc1[nH]c(SCC(=O)N2C[C@@H](C(N)=O)Oc3ccccc32)nc1Cc1ccccc1. The number of hydrogen-bond donors (Lipinski definition) is 2. The van der Waals surface area contributed by atoms with Gasteiger partial charge in [0.1, 0.15) is 5.75 Å². The number of ether oxygens (including phenoxy) is 1. The van der Waals surface area contributed by atoms with Crippen molar-refractivity contribution < 1.29 is 14.3 Å². The quantitative estimate of drug-likeness (QED) is 0.595. The van der Waals surface area contributed by atoms with Gasteiger partial charge >= 0.3 is 0 Å². The average molecular weight is 423 g/mol. The van der Waals surface area contributed by atoms with Crippen molar-refractivity contribution in [2.75, 3.05) is 17.2 Å². The third kappa shape index (κ3) is 4.33. The number of aryl methyl sites for hydroxylation is 1. The Balaban J connectivity index is 1.45. The third-order valence-corrected chi connectivity index (χ3v) is 5.76. The van der Waals surface area contributed by atoms with Crippen LogP contribution in [-0.2, 0) is 16.0 Å². The average Bonchev–Trinajstić information content (AvgIpc) is 3.11. The van der Waals surface area contributed by atoms with Gasteiger partial charge in [-0.25, -0.2) is 4.98 Å². The Morgan fingerprint density at radius 1 is 1.20 bits per heavy atom. The summed E-state index contributed by atoms with van der Waals surface area (Å²) in [7, 11) is 0. The number of para-hydroxylation sites is 2. The van der Waals surface area contributed by atoms with E-state index in [4.69, 9.17) is 10.5 Å². The molecular weight excluding hydrogens is 400 g/mol. The van der Waals surface area contributed by atoms with E-state index in [1.54, 1.807) is 23.1 Å². The minimum atomic E-state index is -0.864. The zero-order valence-corrected chi connectivity index (χ0v) is 17.3. The number of carbonyl (C=O) groups excluding carboxylic acids is 2. The zero-order valence-electron chi connectivity index (χ0n) is 16.5. The molecule has 0 saturated heterocycles. The summed E-state index contributed by atoms with van der Waals surface area (Å²) >= 11 is 1.34. The lowest BCUT2D eigenvalue weighted by atomic mass is 10.1. The van der Waals surface area contributed by atoms with Crippen molar-refractivity contribution in [2.24, 2.45) is 5.73 Å². The van der Waals surface area contributed by atoms with Gasteiger partial charge < -0.3 is 20.4 Å². The van der Waals surface area contributed by atoms with Crippen LogP contribution < -0.4 is 15.4 Å². The number of carbonyl (C=O) groups is 2. The number of H-pyrrole nitrogens is 1. The van der Waals surface area contributed by atoms with Crippen LogP contribution in [0.1, 0.15) is 17.0 Å². The summed E-state index contributed by atoms with van der Waals surface area (Å²) in [6, 6.07) is 17.3. The summed E-state index contributed by atoms with van der Waals surface area (Å²) in [5.41, 5.74) is 9.18. The molecule has 3 N–H and O–H groups in total. The van der Waals surface area contributed by atoms with E-state index in [0.717, 1.165) is 17.8 Å². The molecule has 3 aromatic rings. The first kappa shape index (κ1) is 20.0. The summed E-state index contributed by atoms with van der Waals surface area (Å²) in [5, 5.41) is 0.694. The number of aromatic nitrogens is 2. The van der Waals surface area contributed by atoms with Gasteiger partial charge in [0.15, 0.2) is 11.3 Å². The maximum atomic E-state index is 12.9. The molecule has 1 aromatic heterocycles. The molecule has 0 spiro atoms. The molecule has 2 amide bonds. The van der Waals surface area contributed by atoms with Crippen LogP contribution in [0.25, 0.3) is 0 Å². The molecule has 1 aliphatic rings. The number of nitrogens with zero attached hydrogens (tertiary/aromatic N) is 2. The molecule has 1 aliphatic heterocycles. The smallest absolute Gasteiger partial charge is 0.260 e. The van der Waals surface area contributed by atoms with Crippen LogP contribution in [0.3, 0.4) is 0 Å². The topological polar surface area (TPSA) is 101 Å². The molecule has 8 heteroatoms. The van der Waals surface area contributed by atoms with Crippen molar-refractivity contribution >= 4 is 29.3 Å². The van der Waals surface area contributed by atoms with Crippen molar-refractivity contribution in [1.29, 1.82) is 0 Å². The third-order valence-electron chi connectivity index (χ3n) is 4.90. The Kier molecular flexibility index (Phi) is 5.76. The van der Waals surface area contributed by atoms with Crippen LogP contribution in [0.5, 0.6) is 5.75 Å². The number of rotatable bonds is 6. The van der Waals surface area contributed by atoms with Gasteiger partial charge in [0.2, 0.25) is 5.91 Å². The summed E-state index contributed by atoms with van der Waals surface area (Å²) < 4.78 is 5.62. The molecular formula is C22H22N4O3S. The van der Waals surface area contributed by atoms with Crippen LogP contribution in [0.15, 0.2) is 59.8 Å². The van der Waals surface area contributed by atoms with Crippen LogP contribution in [0.4, 0.5) is 5.69 Å². The molecule has 0 saturated carbocycles. The van der Waals surface area contributed by atoms with E-state index in [-0.39, 0.29) is 18.2 Å². The second kappa shape index (κ2) is 8.62. The summed E-state index contributed by atoms with van der Waals surface area (Å²) in [6.07, 6.45) is -0.133. The highest BCUT2D eigenvalue weighted by Gasteiger charge is 2.32. The number of nitrogens with two attached hydrogens (primary N) is 1. The number of fused-ring (bicyclic) bond motifs is 1. The standard InChI is InChI=1S/C22H22N4O3S/c1-14-16(11-15-7-3-2-4-8-15)25-22(24-14)30-13-20(27)26-12-19(21(23)28)29-18-10-6-5-9-17(18)26/h2-10,19H,11-13H2,1H3,(H2,23,28)(H,24,25)/t19-/m0/s1. The van der Waals surface area contributed by atoms with Crippen molar-refractivity contribution in [3.63, 3.8) is 0 Å². The number of imidazole rings is 1. The van der Waals surface area contributed by atoms with Gasteiger partial charge in [-0.05, 0) is 24.6 Å². The first-order valence-electron chi connectivity index (χ1n) is 9.59. The number of aromatic amines is 1. The maximum Gasteiger partial charge on any atom is 0.260 e. The zero-order chi connectivity index (χ0) is 21.1. The number of amides is 2. The fourth-order valence-corrected chi connectivity index (χ4v) is 4.14. The highest BCUT2D eigenvalue weighted by molar-refractivity contribution is 7.99. The van der Waals surface area contributed by atoms with Gasteiger partial charge in [0, 0.05) is 12.1 Å². The Hall–Kier alpha value is -3.26. The minimum Gasteiger partial charge on any atom is -0.477 e. The first-order chi connectivity index (χ1) is 14.5. The second-order valence-electron chi connectivity index (χ2n) is 7.05. The molecule has 30 heavy (non-hydrogen) atoms. The number of nitrogens with one attached hydrogen (secondary N) is 1. The second-order valence-corrected chi connectivity index (χ2v) is 8.01. The lowest BCUT2D eigenvalue weighted by molar-refractivity contribution is -0.125. The fraction of sp³-hybridized carbons (Fsp3) is 0.227. The molecule has 0 radical (unpaired) electrons. The fourth-order valence-electron chi connectivity index (χ4n) is 3.32. The van der Waals surface area contributed by atoms with E-state index in [1.165, 1.54) is 17.3 Å². The Morgan fingerprint density at radius 2 is 1.93 bits per heavy atom. The van der Waals surface area contributed by atoms with Gasteiger partial charge in [-0.1, -0.05) is 54.2 Å². The van der Waals surface area contributed by atoms with Crippen LogP contribution >= 0.6 is 11.8 Å². The van der Waals surface area contributed by atoms with Crippen LogP contribution in [0.2, 0.25) is 0 Å². The van der Waals surface area contributed by atoms with E-state index in [9.17, 15) is 9.59 Å². The van der Waals surface area contributed by atoms with Gasteiger partial charge in [-0.3, -0.25) is 9.59 Å². The molecule has 154 valence electrons. The van der Waals surface area contributed by atoms with Gasteiger partial charge in [0.05, 0.1) is 23.7 Å². The molecule has 1 atom stereocenters. The van der Waals surface area contributed by atoms with Crippen molar-refractivity contribution in [1.82, 2.24) is 9.97 Å². The van der Waals surface area contributed by atoms with E-state index in [2.05, 4.69) is 22.1 Å². The molecule has 0 bridgehead atoms. The molecule has 2 heterocycles. The normalized spacial score (nSPS) is 15.4. The van der Waals surface area contributed by atoms with Crippen LogP contribution in [-0.4, -0.2) is 40.2 Å². The highest BCUT2D eigenvalue weighted by atomic mass is 32.2. The lowest BCUT2D eigenvalue weighted by Gasteiger charge is -2.33. The molecule has 0 unspecified atom stereocenters. The Labute approximate surface area is 178 Å². The van der Waals surface area contributed by atoms with Gasteiger partial charge in [-0.2, -0.15) is 0 Å². The number of benzene rings is 2. The molecule has 7 nitrogen and oxygen atoms in total. The largest absolute Gasteiger partial charge is 0.477 e. The summed E-state index contributed by atoms with van der Waals surface area (Å²) in [6.45, 7) is 2.08. The van der Waals surface area contributed by atoms with Crippen molar-refractivity contribution in [3.05, 3.63) is 71.5 Å². The predicted octanol–water partition coefficient (Wildman–Crippen LogP) is 2.68. The number of hydrogen-bond acceptors (Lipinski definition) is 5. The number of thioether (sulfide) groups is 1. The summed E-state index contributed by atoms with van der Waals surface area (Å²) in [5.74, 6) is -0.0786. The van der Waals surface area contributed by atoms with Gasteiger partial charge in [0.25, 0.3) is 5.91 Å². The molecule has 0 fully saturated rings. The number of anilines is 1. The van der Waals surface area contributed by atoms with Crippen molar-refractivity contribution in [3.8, 4) is 5.75 Å². The van der Waals surface area contributed by atoms with E-state index < -0.39 is 12.0 Å². The Morgan fingerprint density at radius 3 is 2.70 bits per heavy atom. The lowest BCUT2D eigenvalue weighted by Crippen LogP contribution is -2.49. The molecule has 4 rings (SSSR count). The maximum absolute atomic E-state index is 12.9. The Bertz CT molecular complexity index is 1070. The van der Waals surface area contributed by atoms with Crippen molar-refractivity contribution in [2.45, 2.75) is 24.6 Å². The first-order valence-corrected chi connectivity index (χ1v) is 10.6. The predicted molar refractivity (Wildman–Crippen MR) is 116 cm³/mol. The molecule has 2 aromatic carbocycles. The number of primary amides is 1. The van der Waals surface area contributed by atoms with E-state index in [1.807, 2.05) is 31.2 Å². The minimum absolute atomic E-state index is 0.0994. The van der Waals surface area contributed by atoms with Gasteiger partial charge in [-0.15, -0.1) is 0 Å². The van der Waals surface area contributed by atoms with E-state index in [0.29, 0.717) is 16.6 Å². The molecule has 0 aliphatic carbocycles. The monoisotopic (exact) mass is 422 g/mol.